The number of carbonyl (C=O) groups is 1. The SMILES string of the molecule is N#Cc1ccc(Cn2cncc2CN2CCN(c3ccc(I)c(Cl)c3)C(=O)C2)cc1. The van der Waals surface area contributed by atoms with Gasteiger partial charge in [-0.05, 0) is 58.5 Å². The van der Waals surface area contributed by atoms with Crippen LogP contribution in [-0.2, 0) is 17.9 Å². The summed E-state index contributed by atoms with van der Waals surface area (Å²) in [5, 5.41) is 9.60. The van der Waals surface area contributed by atoms with Crippen molar-refractivity contribution >= 4 is 45.8 Å². The maximum atomic E-state index is 12.8. The van der Waals surface area contributed by atoms with E-state index in [0.717, 1.165) is 27.1 Å². The van der Waals surface area contributed by atoms with Crippen LogP contribution in [0.3, 0.4) is 0 Å². The molecule has 0 atom stereocenters. The van der Waals surface area contributed by atoms with E-state index < -0.39 is 0 Å². The molecule has 152 valence electrons. The van der Waals surface area contributed by atoms with Crippen molar-refractivity contribution in [2.24, 2.45) is 0 Å². The van der Waals surface area contributed by atoms with E-state index in [0.29, 0.717) is 36.8 Å². The van der Waals surface area contributed by atoms with Crippen LogP contribution in [0.2, 0.25) is 5.02 Å². The number of piperazine rings is 1. The summed E-state index contributed by atoms with van der Waals surface area (Å²) in [6.45, 7) is 3.09. The predicted octanol–water partition coefficient (Wildman–Crippen LogP) is 3.91. The third kappa shape index (κ3) is 4.67. The molecule has 8 heteroatoms. The van der Waals surface area contributed by atoms with Crippen molar-refractivity contribution in [3.63, 3.8) is 0 Å². The standard InChI is InChI=1S/C22H19ClIN5O/c23-20-9-18(5-6-21(20)24)29-8-7-27(14-22(29)30)13-19-11-26-15-28(19)12-17-3-1-16(10-25)2-4-17/h1-6,9,11,15H,7-8,12-14H2. The zero-order valence-corrected chi connectivity index (χ0v) is 19.0. The number of anilines is 1. The molecule has 4 rings (SSSR count). The fourth-order valence-electron chi connectivity index (χ4n) is 3.52. The van der Waals surface area contributed by atoms with Crippen LogP contribution in [0.25, 0.3) is 0 Å². The minimum absolute atomic E-state index is 0.0664. The highest BCUT2D eigenvalue weighted by Crippen LogP contribution is 2.26. The highest BCUT2D eigenvalue weighted by molar-refractivity contribution is 14.1. The molecule has 1 aromatic heterocycles. The molecular weight excluding hydrogens is 513 g/mol. The molecule has 1 amide bonds. The van der Waals surface area contributed by atoms with Crippen molar-refractivity contribution in [3.05, 3.63) is 80.4 Å². The Morgan fingerprint density at radius 3 is 2.63 bits per heavy atom. The molecule has 0 spiro atoms. The van der Waals surface area contributed by atoms with E-state index in [1.807, 2.05) is 48.7 Å². The predicted molar refractivity (Wildman–Crippen MR) is 124 cm³/mol. The number of nitrogens with zero attached hydrogens (tertiary/aromatic N) is 5. The Kier molecular flexibility index (Phi) is 6.37. The van der Waals surface area contributed by atoms with Gasteiger partial charge in [-0.25, -0.2) is 4.98 Å². The lowest BCUT2D eigenvalue weighted by atomic mass is 10.1. The zero-order valence-electron chi connectivity index (χ0n) is 16.1. The molecule has 0 bridgehead atoms. The quantitative estimate of drug-likeness (QED) is 0.469. The average Bonchev–Trinajstić information content (AvgIpc) is 3.17. The van der Waals surface area contributed by atoms with E-state index >= 15 is 0 Å². The number of hydrogen-bond acceptors (Lipinski definition) is 4. The van der Waals surface area contributed by atoms with Crippen LogP contribution in [0.1, 0.15) is 16.8 Å². The first kappa shape index (κ1) is 20.8. The summed E-state index contributed by atoms with van der Waals surface area (Å²) >= 11 is 8.40. The number of halogens is 2. The van der Waals surface area contributed by atoms with Gasteiger partial charge >= 0.3 is 0 Å². The lowest BCUT2D eigenvalue weighted by Gasteiger charge is -2.34. The molecule has 30 heavy (non-hydrogen) atoms. The van der Waals surface area contributed by atoms with Gasteiger partial charge in [-0.2, -0.15) is 5.26 Å². The molecule has 1 saturated heterocycles. The van der Waals surface area contributed by atoms with Crippen LogP contribution in [0.5, 0.6) is 0 Å². The van der Waals surface area contributed by atoms with Crippen molar-refractivity contribution < 1.29 is 4.79 Å². The van der Waals surface area contributed by atoms with Crippen LogP contribution in [0.4, 0.5) is 5.69 Å². The van der Waals surface area contributed by atoms with Crippen molar-refractivity contribution in [2.45, 2.75) is 13.1 Å². The number of hydrogen-bond donors (Lipinski definition) is 0. The molecule has 2 heterocycles. The van der Waals surface area contributed by atoms with Gasteiger partial charge in [0.05, 0.1) is 35.2 Å². The number of benzene rings is 2. The van der Waals surface area contributed by atoms with Crippen molar-refractivity contribution in [2.75, 3.05) is 24.5 Å². The monoisotopic (exact) mass is 531 g/mol. The normalized spacial score (nSPS) is 14.7. The molecule has 0 radical (unpaired) electrons. The van der Waals surface area contributed by atoms with Crippen molar-refractivity contribution in [1.29, 1.82) is 5.26 Å². The van der Waals surface area contributed by atoms with Gasteiger partial charge < -0.3 is 9.47 Å². The summed E-state index contributed by atoms with van der Waals surface area (Å²) < 4.78 is 3.05. The second-order valence-corrected chi connectivity index (χ2v) is 8.75. The molecule has 6 nitrogen and oxygen atoms in total. The summed E-state index contributed by atoms with van der Waals surface area (Å²) in [6.07, 6.45) is 3.65. The summed E-state index contributed by atoms with van der Waals surface area (Å²) in [5.41, 5.74) is 3.65. The Morgan fingerprint density at radius 2 is 1.93 bits per heavy atom. The summed E-state index contributed by atoms with van der Waals surface area (Å²) in [5.74, 6) is 0.0664. The lowest BCUT2D eigenvalue weighted by Crippen LogP contribution is -2.50. The maximum absolute atomic E-state index is 12.8. The van der Waals surface area contributed by atoms with E-state index in [-0.39, 0.29) is 5.91 Å². The third-order valence-electron chi connectivity index (χ3n) is 5.13. The van der Waals surface area contributed by atoms with Crippen LogP contribution in [0.15, 0.2) is 55.0 Å². The molecule has 2 aromatic carbocycles. The molecule has 1 fully saturated rings. The fraction of sp³-hybridized carbons (Fsp3) is 0.227. The topological polar surface area (TPSA) is 65.2 Å². The number of rotatable bonds is 5. The van der Waals surface area contributed by atoms with Crippen LogP contribution in [0, 0.1) is 14.9 Å². The van der Waals surface area contributed by atoms with Gasteiger partial charge in [-0.3, -0.25) is 9.69 Å². The lowest BCUT2D eigenvalue weighted by molar-refractivity contribution is -0.121. The largest absolute Gasteiger partial charge is 0.329 e. The molecule has 1 aliphatic rings. The van der Waals surface area contributed by atoms with Gasteiger partial charge in [0.1, 0.15) is 0 Å². The Bertz CT molecular complexity index is 1110. The first-order valence-corrected chi connectivity index (χ1v) is 10.9. The highest BCUT2D eigenvalue weighted by Gasteiger charge is 2.26. The van der Waals surface area contributed by atoms with Gasteiger partial charge in [0.25, 0.3) is 0 Å². The van der Waals surface area contributed by atoms with Gasteiger partial charge in [0.2, 0.25) is 5.91 Å². The molecule has 0 saturated carbocycles. The third-order valence-corrected chi connectivity index (χ3v) is 6.71. The van der Waals surface area contributed by atoms with E-state index in [4.69, 9.17) is 16.9 Å². The maximum Gasteiger partial charge on any atom is 0.241 e. The molecule has 1 aliphatic heterocycles. The number of carbonyl (C=O) groups excluding carboxylic acids is 1. The van der Waals surface area contributed by atoms with Crippen LogP contribution < -0.4 is 4.90 Å². The summed E-state index contributed by atoms with van der Waals surface area (Å²) in [4.78, 5) is 21.0. The van der Waals surface area contributed by atoms with E-state index in [2.05, 4.69) is 43.1 Å². The second kappa shape index (κ2) is 9.16. The van der Waals surface area contributed by atoms with Crippen LogP contribution in [-0.4, -0.2) is 40.0 Å². The van der Waals surface area contributed by atoms with E-state index in [9.17, 15) is 4.79 Å². The van der Waals surface area contributed by atoms with Gasteiger partial charge in [-0.15, -0.1) is 0 Å². The van der Waals surface area contributed by atoms with E-state index in [1.54, 1.807) is 11.2 Å². The summed E-state index contributed by atoms with van der Waals surface area (Å²) in [6, 6.07) is 15.4. The van der Waals surface area contributed by atoms with Crippen molar-refractivity contribution in [3.8, 4) is 6.07 Å². The minimum atomic E-state index is 0.0664. The number of aromatic nitrogens is 2. The minimum Gasteiger partial charge on any atom is -0.329 e. The fourth-order valence-corrected chi connectivity index (χ4v) is 4.03. The first-order chi connectivity index (χ1) is 14.5. The first-order valence-electron chi connectivity index (χ1n) is 9.49. The average molecular weight is 532 g/mol. The van der Waals surface area contributed by atoms with E-state index in [1.165, 1.54) is 0 Å². The Balaban J connectivity index is 1.40. The highest BCUT2D eigenvalue weighted by atomic mass is 127. The molecule has 0 unspecified atom stereocenters. The Labute approximate surface area is 193 Å². The Hall–Kier alpha value is -2.41. The number of nitriles is 1. The number of imidazole rings is 1. The molecule has 3 aromatic rings. The molecule has 0 aliphatic carbocycles. The Morgan fingerprint density at radius 1 is 1.13 bits per heavy atom. The van der Waals surface area contributed by atoms with Gasteiger partial charge in [0.15, 0.2) is 0 Å². The second-order valence-electron chi connectivity index (χ2n) is 7.18. The zero-order chi connectivity index (χ0) is 21.1. The number of amides is 1. The van der Waals surface area contributed by atoms with Crippen molar-refractivity contribution in [1.82, 2.24) is 14.5 Å². The van der Waals surface area contributed by atoms with Gasteiger partial charge in [-0.1, -0.05) is 23.7 Å². The summed E-state index contributed by atoms with van der Waals surface area (Å²) in [7, 11) is 0. The van der Waals surface area contributed by atoms with Crippen LogP contribution >= 0.6 is 34.2 Å². The molecular formula is C22H19ClIN5O. The smallest absolute Gasteiger partial charge is 0.241 e. The van der Waals surface area contributed by atoms with Gasteiger partial charge in [0, 0.05) is 41.6 Å². The molecule has 0 N–H and O–H groups in total.